The number of aryl methyl sites for hydroxylation is 2. The monoisotopic (exact) mass is 389 g/mol. The first kappa shape index (κ1) is 18.7. The Labute approximate surface area is 167 Å². The number of aromatic nitrogens is 2. The van der Waals surface area contributed by atoms with Crippen molar-refractivity contribution in [1.29, 1.82) is 0 Å². The molecule has 0 saturated carbocycles. The molecule has 0 saturated heterocycles. The van der Waals surface area contributed by atoms with Crippen LogP contribution in [0.1, 0.15) is 50.5 Å². The molecular weight excluding hydrogens is 370 g/mol. The lowest BCUT2D eigenvalue weighted by atomic mass is 9.99. The minimum Gasteiger partial charge on any atom is -0.454 e. The number of esters is 1. The van der Waals surface area contributed by atoms with Crippen molar-refractivity contribution in [3.8, 4) is 0 Å². The van der Waals surface area contributed by atoms with Crippen LogP contribution >= 0.6 is 0 Å². The van der Waals surface area contributed by atoms with Crippen LogP contribution in [0.3, 0.4) is 0 Å². The Morgan fingerprint density at radius 3 is 2.45 bits per heavy atom. The molecule has 4 rings (SSSR count). The number of hydrogen-bond acceptors (Lipinski definition) is 6. The van der Waals surface area contributed by atoms with E-state index >= 15 is 0 Å². The Morgan fingerprint density at radius 1 is 1.00 bits per heavy atom. The lowest BCUT2D eigenvalue weighted by molar-refractivity contribution is -0.116. The van der Waals surface area contributed by atoms with Gasteiger partial charge in [0.05, 0.1) is 33.9 Å². The Kier molecular flexibility index (Phi) is 4.58. The third kappa shape index (κ3) is 3.47. The summed E-state index contributed by atoms with van der Waals surface area (Å²) in [5.74, 6) is -1.35. The highest BCUT2D eigenvalue weighted by molar-refractivity contribution is 6.05. The van der Waals surface area contributed by atoms with Crippen molar-refractivity contribution in [2.45, 2.75) is 26.7 Å². The van der Waals surface area contributed by atoms with Gasteiger partial charge < -0.3 is 10.1 Å². The molecule has 146 valence electrons. The van der Waals surface area contributed by atoms with Gasteiger partial charge in [-0.05, 0) is 62.7 Å². The van der Waals surface area contributed by atoms with E-state index in [-0.39, 0.29) is 24.2 Å². The fourth-order valence-electron chi connectivity index (χ4n) is 3.25. The first-order valence-electron chi connectivity index (χ1n) is 9.23. The summed E-state index contributed by atoms with van der Waals surface area (Å²) < 4.78 is 5.20. The third-order valence-electron chi connectivity index (χ3n) is 5.14. The van der Waals surface area contributed by atoms with E-state index in [9.17, 15) is 14.4 Å². The van der Waals surface area contributed by atoms with E-state index in [1.807, 2.05) is 13.8 Å². The number of amides is 1. The van der Waals surface area contributed by atoms with Crippen molar-refractivity contribution in [1.82, 2.24) is 9.97 Å². The molecule has 1 N–H and O–H groups in total. The number of rotatable bonds is 4. The van der Waals surface area contributed by atoms with Gasteiger partial charge in [-0.1, -0.05) is 0 Å². The summed E-state index contributed by atoms with van der Waals surface area (Å²) in [6.07, 6.45) is 0. The van der Waals surface area contributed by atoms with Gasteiger partial charge in [0.2, 0.25) is 5.91 Å². The first-order valence-corrected chi connectivity index (χ1v) is 9.23. The fraction of sp³-hybridized carbons (Fsp3) is 0.227. The molecule has 1 atom stereocenters. The van der Waals surface area contributed by atoms with Gasteiger partial charge >= 0.3 is 5.97 Å². The smallest absolute Gasteiger partial charge is 0.338 e. The van der Waals surface area contributed by atoms with Crippen molar-refractivity contribution < 1.29 is 19.1 Å². The summed E-state index contributed by atoms with van der Waals surface area (Å²) in [6.45, 7) is 5.12. The number of nitrogens with zero attached hydrogens (tertiary/aromatic N) is 2. The summed E-state index contributed by atoms with van der Waals surface area (Å²) >= 11 is 0. The zero-order chi connectivity index (χ0) is 20.7. The quantitative estimate of drug-likeness (QED) is 0.543. The van der Waals surface area contributed by atoms with Gasteiger partial charge in [0.25, 0.3) is 0 Å². The molecule has 1 amide bonds. The molecule has 2 aromatic carbocycles. The number of hydrogen-bond donors (Lipinski definition) is 1. The zero-order valence-corrected chi connectivity index (χ0v) is 16.3. The van der Waals surface area contributed by atoms with Crippen molar-refractivity contribution in [2.75, 3.05) is 11.9 Å². The Morgan fingerprint density at radius 2 is 1.69 bits per heavy atom. The number of nitrogens with one attached hydrogen (secondary N) is 1. The van der Waals surface area contributed by atoms with Crippen molar-refractivity contribution >= 4 is 34.4 Å². The van der Waals surface area contributed by atoms with E-state index < -0.39 is 5.97 Å². The maximum Gasteiger partial charge on any atom is 0.338 e. The van der Waals surface area contributed by atoms with E-state index in [0.717, 1.165) is 17.0 Å². The number of carbonyl (C=O) groups excluding carboxylic acids is 3. The number of carbonyl (C=O) groups is 3. The summed E-state index contributed by atoms with van der Waals surface area (Å²) in [5, 5.41) is 2.76. The first-order chi connectivity index (χ1) is 13.8. The molecule has 0 spiro atoms. The van der Waals surface area contributed by atoms with Crippen molar-refractivity contribution in [3.05, 3.63) is 64.5 Å². The van der Waals surface area contributed by atoms with Gasteiger partial charge in [-0.3, -0.25) is 9.59 Å². The molecule has 7 heteroatoms. The van der Waals surface area contributed by atoms with Gasteiger partial charge in [-0.15, -0.1) is 0 Å². The second-order valence-corrected chi connectivity index (χ2v) is 7.11. The lowest BCUT2D eigenvalue weighted by Crippen LogP contribution is -2.14. The molecule has 1 aliphatic rings. The standard InChI is InChI=1S/C22H19N3O4/c1-11-16-8-14(4-6-17(16)25-21(11)27)20(26)10-29-22(28)15-5-7-18-19(9-15)24-13(3)12(2)23-18/h4-9,11H,10H2,1-3H3,(H,25,27)/t11-/m1/s1. The molecule has 0 fully saturated rings. The predicted molar refractivity (Wildman–Crippen MR) is 107 cm³/mol. The van der Waals surface area contributed by atoms with Crippen molar-refractivity contribution in [2.24, 2.45) is 0 Å². The fourth-order valence-corrected chi connectivity index (χ4v) is 3.25. The van der Waals surface area contributed by atoms with Crippen LogP contribution < -0.4 is 5.32 Å². The van der Waals surface area contributed by atoms with Crippen LogP contribution in [0.2, 0.25) is 0 Å². The molecule has 7 nitrogen and oxygen atoms in total. The van der Waals surface area contributed by atoms with Crippen LogP contribution in [0.15, 0.2) is 36.4 Å². The molecular formula is C22H19N3O4. The molecule has 0 bridgehead atoms. The van der Waals surface area contributed by atoms with E-state index in [0.29, 0.717) is 27.8 Å². The number of ketones is 1. The summed E-state index contributed by atoms with van der Waals surface area (Å²) in [4.78, 5) is 45.4. The number of benzene rings is 2. The minimum absolute atomic E-state index is 0.0964. The number of anilines is 1. The van der Waals surface area contributed by atoms with Crippen LogP contribution in [0, 0.1) is 13.8 Å². The second-order valence-electron chi connectivity index (χ2n) is 7.11. The average molecular weight is 389 g/mol. The van der Waals surface area contributed by atoms with Crippen molar-refractivity contribution in [3.63, 3.8) is 0 Å². The van der Waals surface area contributed by atoms with Crippen LogP contribution in [-0.2, 0) is 9.53 Å². The molecule has 0 radical (unpaired) electrons. The van der Waals surface area contributed by atoms with Crippen LogP contribution in [0.5, 0.6) is 0 Å². The molecule has 2 heterocycles. The Hall–Kier alpha value is -3.61. The van der Waals surface area contributed by atoms with Gasteiger partial charge in [-0.25, -0.2) is 14.8 Å². The second kappa shape index (κ2) is 7.09. The number of ether oxygens (including phenoxy) is 1. The summed E-state index contributed by atoms with van der Waals surface area (Å²) in [7, 11) is 0. The average Bonchev–Trinajstić information content (AvgIpc) is 2.99. The van der Waals surface area contributed by atoms with E-state index in [1.165, 1.54) is 0 Å². The SMILES string of the molecule is Cc1nc2ccc(C(=O)OCC(=O)c3ccc4c(c3)[C@@H](C)C(=O)N4)cc2nc1C. The maximum absolute atomic E-state index is 12.5. The van der Waals surface area contributed by atoms with E-state index in [2.05, 4.69) is 15.3 Å². The minimum atomic E-state index is -0.605. The highest BCUT2D eigenvalue weighted by atomic mass is 16.5. The van der Waals surface area contributed by atoms with Gasteiger partial charge in [0.1, 0.15) is 0 Å². The molecule has 3 aromatic rings. The molecule has 0 aliphatic carbocycles. The maximum atomic E-state index is 12.5. The van der Waals surface area contributed by atoms with Gasteiger partial charge in [-0.2, -0.15) is 0 Å². The van der Waals surface area contributed by atoms with Crippen LogP contribution in [-0.4, -0.2) is 34.2 Å². The van der Waals surface area contributed by atoms with E-state index in [4.69, 9.17) is 4.74 Å². The van der Waals surface area contributed by atoms with Gasteiger partial charge in [0.15, 0.2) is 12.4 Å². The normalized spacial score (nSPS) is 15.1. The zero-order valence-electron chi connectivity index (χ0n) is 16.3. The highest BCUT2D eigenvalue weighted by Crippen LogP contribution is 2.32. The van der Waals surface area contributed by atoms with Crippen LogP contribution in [0.25, 0.3) is 11.0 Å². The summed E-state index contributed by atoms with van der Waals surface area (Å²) in [6, 6.07) is 9.90. The Bertz CT molecular complexity index is 1190. The summed E-state index contributed by atoms with van der Waals surface area (Å²) in [5.41, 5.74) is 5.09. The molecule has 29 heavy (non-hydrogen) atoms. The third-order valence-corrected chi connectivity index (χ3v) is 5.14. The molecule has 1 aromatic heterocycles. The predicted octanol–water partition coefficient (Wildman–Crippen LogP) is 3.34. The van der Waals surface area contributed by atoms with Gasteiger partial charge in [0, 0.05) is 11.3 Å². The lowest BCUT2D eigenvalue weighted by Gasteiger charge is -2.08. The highest BCUT2D eigenvalue weighted by Gasteiger charge is 2.27. The van der Waals surface area contributed by atoms with Crippen LogP contribution in [0.4, 0.5) is 5.69 Å². The molecule has 0 unspecified atom stereocenters. The Balaban J connectivity index is 1.47. The topological polar surface area (TPSA) is 98.2 Å². The molecule has 1 aliphatic heterocycles. The number of fused-ring (bicyclic) bond motifs is 2. The largest absolute Gasteiger partial charge is 0.454 e. The number of Topliss-reactive ketones (excluding diaryl/α,β-unsaturated/α-hetero) is 1. The van der Waals surface area contributed by atoms with E-state index in [1.54, 1.807) is 43.3 Å².